The molecule has 0 aliphatic heterocycles. The lowest BCUT2D eigenvalue weighted by Crippen LogP contribution is -2.42. The Labute approximate surface area is 274 Å². The molecule has 2 N–H and O–H groups in total. The molecule has 0 fully saturated rings. The standard InChI is InChI=1S/C39H50N4P2/c1-38(2,3)42-36(44(32-22-12-7-13-23-32)33-24-14-8-15-25-33)40-30-20-11-21-31-41-37(43-39(4,5)6)45(34-26-16-9-17-27-34)35-28-18-10-19-29-35/h7-10,12-19,22-29H,11,20-21,30-31H2,1-6H3,(H,40,42)(H,41,43). The second-order valence-electron chi connectivity index (χ2n) is 13.2. The molecule has 6 heteroatoms. The number of rotatable bonds is 12. The van der Waals surface area contributed by atoms with Crippen molar-refractivity contribution in [2.24, 2.45) is 9.98 Å². The number of unbranched alkanes of at least 4 members (excludes halogenated alkanes) is 2. The fourth-order valence-electron chi connectivity index (χ4n) is 4.87. The van der Waals surface area contributed by atoms with E-state index in [1.54, 1.807) is 0 Å². The Hall–Kier alpha value is -3.32. The third-order valence-electron chi connectivity index (χ3n) is 6.79. The first-order chi connectivity index (χ1) is 21.6. The maximum atomic E-state index is 5.24. The highest BCUT2D eigenvalue weighted by Gasteiger charge is 2.25. The number of hydrogen-bond donors (Lipinski definition) is 2. The van der Waals surface area contributed by atoms with Crippen LogP contribution in [0.2, 0.25) is 0 Å². The molecule has 0 aliphatic carbocycles. The summed E-state index contributed by atoms with van der Waals surface area (Å²) in [4.78, 5) is 10.5. The first kappa shape index (κ1) is 34.6. The lowest BCUT2D eigenvalue weighted by molar-refractivity contribution is 0.514. The van der Waals surface area contributed by atoms with Crippen LogP contribution in [0.5, 0.6) is 0 Å². The van der Waals surface area contributed by atoms with Gasteiger partial charge >= 0.3 is 0 Å². The van der Waals surface area contributed by atoms with Crippen LogP contribution in [-0.4, -0.2) is 35.3 Å². The summed E-state index contributed by atoms with van der Waals surface area (Å²) in [5, 5.41) is 12.8. The molecule has 4 aromatic rings. The Morgan fingerprint density at radius 3 is 0.956 bits per heavy atom. The monoisotopic (exact) mass is 636 g/mol. The van der Waals surface area contributed by atoms with Crippen molar-refractivity contribution in [1.82, 2.24) is 10.6 Å². The molecule has 45 heavy (non-hydrogen) atoms. The summed E-state index contributed by atoms with van der Waals surface area (Å²) >= 11 is 0. The number of amidine groups is 2. The average Bonchev–Trinajstić information content (AvgIpc) is 3.01. The fourth-order valence-corrected chi connectivity index (χ4v) is 9.70. The summed E-state index contributed by atoms with van der Waals surface area (Å²) in [6, 6.07) is 43.3. The molecule has 4 rings (SSSR count). The third kappa shape index (κ3) is 11.5. The maximum Gasteiger partial charge on any atom is 0.129 e. The van der Waals surface area contributed by atoms with Crippen LogP contribution >= 0.6 is 15.8 Å². The number of nitrogens with zero attached hydrogens (tertiary/aromatic N) is 2. The van der Waals surface area contributed by atoms with Crippen LogP contribution in [0.1, 0.15) is 60.8 Å². The van der Waals surface area contributed by atoms with Crippen LogP contribution in [0.3, 0.4) is 0 Å². The van der Waals surface area contributed by atoms with Gasteiger partial charge in [-0.3, -0.25) is 9.98 Å². The Balaban J connectivity index is 1.48. The molecule has 236 valence electrons. The lowest BCUT2D eigenvalue weighted by Gasteiger charge is -2.29. The molecular weight excluding hydrogens is 586 g/mol. The highest BCUT2D eigenvalue weighted by atomic mass is 31.1. The minimum atomic E-state index is -0.769. The van der Waals surface area contributed by atoms with Crippen molar-refractivity contribution in [3.63, 3.8) is 0 Å². The van der Waals surface area contributed by atoms with Crippen molar-refractivity contribution < 1.29 is 0 Å². The molecule has 0 spiro atoms. The van der Waals surface area contributed by atoms with E-state index in [2.05, 4.69) is 174 Å². The number of benzene rings is 4. The van der Waals surface area contributed by atoms with Gasteiger partial charge in [0.25, 0.3) is 0 Å². The molecule has 0 radical (unpaired) electrons. The zero-order chi connectivity index (χ0) is 32.1. The molecule has 4 nitrogen and oxygen atoms in total. The minimum Gasteiger partial charge on any atom is -0.365 e. The van der Waals surface area contributed by atoms with E-state index in [-0.39, 0.29) is 11.1 Å². The maximum absolute atomic E-state index is 5.24. The molecule has 0 amide bonds. The predicted molar refractivity (Wildman–Crippen MR) is 202 cm³/mol. The van der Waals surface area contributed by atoms with Gasteiger partial charge in [-0.2, -0.15) is 0 Å². The van der Waals surface area contributed by atoms with Gasteiger partial charge in [-0.15, -0.1) is 0 Å². The van der Waals surface area contributed by atoms with E-state index in [1.807, 2.05) is 0 Å². The van der Waals surface area contributed by atoms with Gasteiger partial charge in [0.1, 0.15) is 11.2 Å². The summed E-state index contributed by atoms with van der Waals surface area (Å²) in [5.41, 5.74) is 2.04. The zero-order valence-electron chi connectivity index (χ0n) is 27.9. The summed E-state index contributed by atoms with van der Waals surface area (Å²) in [6.45, 7) is 14.9. The van der Waals surface area contributed by atoms with E-state index in [9.17, 15) is 0 Å². The van der Waals surface area contributed by atoms with Gasteiger partial charge in [-0.1, -0.05) is 121 Å². The Bertz CT molecular complexity index is 1280. The molecule has 0 saturated carbocycles. The van der Waals surface area contributed by atoms with Gasteiger partial charge < -0.3 is 10.6 Å². The summed E-state index contributed by atoms with van der Waals surface area (Å²) < 4.78 is 0. The number of aliphatic imine (C=N–C) groups is 2. The van der Waals surface area contributed by atoms with Crippen molar-refractivity contribution in [3.8, 4) is 0 Å². The summed E-state index contributed by atoms with van der Waals surface area (Å²) in [7, 11) is -1.54. The first-order valence-electron chi connectivity index (χ1n) is 16.1. The Kier molecular flexibility index (Phi) is 12.9. The van der Waals surface area contributed by atoms with Crippen molar-refractivity contribution >= 4 is 48.2 Å². The highest BCUT2D eigenvalue weighted by molar-refractivity contribution is 7.88. The predicted octanol–water partition coefficient (Wildman–Crippen LogP) is 7.91. The van der Waals surface area contributed by atoms with E-state index >= 15 is 0 Å². The SMILES string of the molecule is CC(C)(C)NC(=NCCCCCN=C(NC(C)(C)C)P(c1ccccc1)c1ccccc1)P(c1ccccc1)c1ccccc1. The van der Waals surface area contributed by atoms with Gasteiger partial charge in [0.2, 0.25) is 0 Å². The van der Waals surface area contributed by atoms with Crippen LogP contribution in [0.15, 0.2) is 131 Å². The van der Waals surface area contributed by atoms with E-state index in [1.165, 1.54) is 21.2 Å². The van der Waals surface area contributed by atoms with Crippen LogP contribution < -0.4 is 31.9 Å². The molecule has 0 saturated heterocycles. The van der Waals surface area contributed by atoms with E-state index in [4.69, 9.17) is 9.98 Å². The largest absolute Gasteiger partial charge is 0.365 e. The van der Waals surface area contributed by atoms with Gasteiger partial charge in [0.05, 0.1) is 0 Å². The first-order valence-corrected chi connectivity index (χ1v) is 18.7. The molecule has 0 atom stereocenters. The Morgan fingerprint density at radius 2 is 0.711 bits per heavy atom. The number of nitrogens with one attached hydrogen (secondary N) is 2. The third-order valence-corrected chi connectivity index (χ3v) is 11.4. The van der Waals surface area contributed by atoms with Crippen molar-refractivity contribution in [1.29, 1.82) is 0 Å². The van der Waals surface area contributed by atoms with Gasteiger partial charge in [0, 0.05) is 40.0 Å². The molecule has 0 heterocycles. The summed E-state index contributed by atoms with van der Waals surface area (Å²) in [5.74, 6) is 0. The summed E-state index contributed by atoms with van der Waals surface area (Å²) in [6.07, 6.45) is 3.15. The van der Waals surface area contributed by atoms with Crippen LogP contribution in [0.25, 0.3) is 0 Å². The lowest BCUT2D eigenvalue weighted by atomic mass is 10.1. The van der Waals surface area contributed by atoms with Gasteiger partial charge in [0.15, 0.2) is 0 Å². The normalized spacial score (nSPS) is 12.9. The van der Waals surface area contributed by atoms with E-state index < -0.39 is 15.8 Å². The highest BCUT2D eigenvalue weighted by Crippen LogP contribution is 2.36. The molecule has 0 bridgehead atoms. The van der Waals surface area contributed by atoms with Crippen molar-refractivity contribution in [3.05, 3.63) is 121 Å². The van der Waals surface area contributed by atoms with Crippen molar-refractivity contribution in [2.45, 2.75) is 71.9 Å². The molecule has 4 aromatic carbocycles. The van der Waals surface area contributed by atoms with Gasteiger partial charge in [-0.25, -0.2) is 0 Å². The quantitative estimate of drug-likeness (QED) is 0.0719. The minimum absolute atomic E-state index is 0.0794. The van der Waals surface area contributed by atoms with E-state index in [0.717, 1.165) is 43.5 Å². The van der Waals surface area contributed by atoms with Crippen molar-refractivity contribution in [2.75, 3.05) is 13.1 Å². The smallest absolute Gasteiger partial charge is 0.129 e. The van der Waals surface area contributed by atoms with Crippen LogP contribution in [-0.2, 0) is 0 Å². The molecule has 0 unspecified atom stereocenters. The molecule has 0 aromatic heterocycles. The van der Waals surface area contributed by atoms with Crippen LogP contribution in [0.4, 0.5) is 0 Å². The molecular formula is C39H50N4P2. The van der Waals surface area contributed by atoms with Crippen LogP contribution in [0, 0.1) is 0 Å². The second-order valence-corrected chi connectivity index (χ2v) is 17.5. The topological polar surface area (TPSA) is 48.8 Å². The molecule has 0 aliphatic rings. The van der Waals surface area contributed by atoms with Gasteiger partial charge in [-0.05, 0) is 82.0 Å². The second kappa shape index (κ2) is 16.8. The average molecular weight is 637 g/mol. The fraction of sp³-hybridized carbons (Fsp3) is 0.333. The zero-order valence-corrected chi connectivity index (χ0v) is 29.7. The van der Waals surface area contributed by atoms with E-state index in [0.29, 0.717) is 0 Å². The number of hydrogen-bond acceptors (Lipinski definition) is 2. The Morgan fingerprint density at radius 1 is 0.444 bits per heavy atom.